The van der Waals surface area contributed by atoms with Gasteiger partial charge in [0.15, 0.2) is 5.60 Å². The molecule has 1 aromatic rings. The quantitative estimate of drug-likeness (QED) is 0.837. The fraction of sp³-hybridized carbons (Fsp3) is 0.364. The van der Waals surface area contributed by atoms with E-state index in [0.717, 1.165) is 22.7 Å². The van der Waals surface area contributed by atoms with Gasteiger partial charge in [-0.3, -0.25) is 0 Å². The van der Waals surface area contributed by atoms with Crippen LogP contribution in [0.1, 0.15) is 18.9 Å². The molecule has 1 heterocycles. The number of halogens is 1. The minimum atomic E-state index is -0.352. The zero-order chi connectivity index (χ0) is 10.9. The van der Waals surface area contributed by atoms with Crippen LogP contribution in [0, 0.1) is 0 Å². The van der Waals surface area contributed by atoms with Crippen LogP contribution >= 0.6 is 11.6 Å². The molecule has 15 heavy (non-hydrogen) atoms. The van der Waals surface area contributed by atoms with E-state index < -0.39 is 0 Å². The summed E-state index contributed by atoms with van der Waals surface area (Å²) in [5.41, 5.74) is 7.23. The van der Waals surface area contributed by atoms with E-state index in [-0.39, 0.29) is 5.60 Å². The summed E-state index contributed by atoms with van der Waals surface area (Å²) < 4.78 is 0. The van der Waals surface area contributed by atoms with Gasteiger partial charge in [0.25, 0.3) is 0 Å². The van der Waals surface area contributed by atoms with Crippen LogP contribution in [0.5, 0.6) is 0 Å². The second-order valence-corrected chi connectivity index (χ2v) is 4.40. The molecule has 0 aromatic heterocycles. The summed E-state index contributed by atoms with van der Waals surface area (Å²) in [6, 6.07) is 7.56. The monoisotopic (exact) mass is 224 g/mol. The number of nitrogens with two attached hydrogens (primary N) is 1. The van der Waals surface area contributed by atoms with Crippen LogP contribution in [0.4, 0.5) is 0 Å². The number of nitrogens with zero attached hydrogens (tertiary/aromatic N) is 1. The van der Waals surface area contributed by atoms with Crippen molar-refractivity contribution in [3.8, 4) is 0 Å². The Morgan fingerprint density at radius 1 is 1.47 bits per heavy atom. The molecule has 3 nitrogen and oxygen atoms in total. The van der Waals surface area contributed by atoms with Crippen LogP contribution < -0.4 is 5.73 Å². The van der Waals surface area contributed by atoms with Crippen molar-refractivity contribution in [2.24, 2.45) is 10.9 Å². The number of hydrogen-bond donors (Lipinski definition) is 1. The fourth-order valence-corrected chi connectivity index (χ4v) is 1.62. The molecular weight excluding hydrogens is 212 g/mol. The van der Waals surface area contributed by atoms with E-state index in [9.17, 15) is 0 Å². The Morgan fingerprint density at radius 2 is 2.13 bits per heavy atom. The topological polar surface area (TPSA) is 47.6 Å². The number of oxime groups is 1. The highest BCUT2D eigenvalue weighted by molar-refractivity contribution is 6.30. The zero-order valence-electron chi connectivity index (χ0n) is 8.53. The number of hydrogen-bond acceptors (Lipinski definition) is 3. The Hall–Kier alpha value is -1.06. The first-order valence-corrected chi connectivity index (χ1v) is 5.22. The minimum absolute atomic E-state index is 0.352. The lowest BCUT2D eigenvalue weighted by molar-refractivity contribution is 0.00422. The summed E-state index contributed by atoms with van der Waals surface area (Å²) >= 11 is 5.81. The van der Waals surface area contributed by atoms with E-state index in [4.69, 9.17) is 22.2 Å². The smallest absolute Gasteiger partial charge is 0.152 e. The van der Waals surface area contributed by atoms with E-state index in [1.165, 1.54) is 0 Å². The highest BCUT2D eigenvalue weighted by atomic mass is 35.5. The molecule has 1 aliphatic heterocycles. The maximum atomic E-state index is 5.81. The normalized spacial score (nSPS) is 24.9. The number of benzene rings is 1. The standard InChI is InChI=1S/C11H13ClN2O/c1-11(7-13)6-10(14-15-11)8-2-4-9(12)5-3-8/h2-5H,6-7,13H2,1H3. The first kappa shape index (κ1) is 10.5. The Balaban J connectivity index is 2.17. The van der Waals surface area contributed by atoms with Gasteiger partial charge in [0.05, 0.1) is 5.71 Å². The fourth-order valence-electron chi connectivity index (χ4n) is 1.49. The zero-order valence-corrected chi connectivity index (χ0v) is 9.29. The lowest BCUT2D eigenvalue weighted by Crippen LogP contribution is -2.34. The molecule has 4 heteroatoms. The maximum Gasteiger partial charge on any atom is 0.152 e. The Morgan fingerprint density at radius 3 is 2.67 bits per heavy atom. The molecule has 0 radical (unpaired) electrons. The largest absolute Gasteiger partial charge is 0.387 e. The van der Waals surface area contributed by atoms with Crippen LogP contribution in [-0.4, -0.2) is 17.9 Å². The van der Waals surface area contributed by atoms with Gasteiger partial charge in [0.2, 0.25) is 0 Å². The Labute approximate surface area is 93.9 Å². The third kappa shape index (κ3) is 2.13. The van der Waals surface area contributed by atoms with Gasteiger partial charge >= 0.3 is 0 Å². The molecule has 1 aromatic carbocycles. The van der Waals surface area contributed by atoms with E-state index in [0.29, 0.717) is 6.54 Å². The molecule has 2 N–H and O–H groups in total. The molecule has 1 atom stereocenters. The highest BCUT2D eigenvalue weighted by Crippen LogP contribution is 2.25. The van der Waals surface area contributed by atoms with Crippen LogP contribution in [-0.2, 0) is 4.84 Å². The molecule has 0 amide bonds. The molecule has 1 unspecified atom stereocenters. The van der Waals surface area contributed by atoms with Crippen LogP contribution in [0.3, 0.4) is 0 Å². The van der Waals surface area contributed by atoms with Crippen molar-refractivity contribution >= 4 is 17.3 Å². The summed E-state index contributed by atoms with van der Waals surface area (Å²) in [4.78, 5) is 5.32. The second kappa shape index (κ2) is 3.83. The van der Waals surface area contributed by atoms with Gasteiger partial charge < -0.3 is 10.6 Å². The second-order valence-electron chi connectivity index (χ2n) is 3.97. The first-order chi connectivity index (χ1) is 7.13. The van der Waals surface area contributed by atoms with Gasteiger partial charge in [-0.05, 0) is 24.6 Å². The lowest BCUT2D eigenvalue weighted by Gasteiger charge is -2.17. The van der Waals surface area contributed by atoms with Gasteiger partial charge in [-0.2, -0.15) is 0 Å². The van der Waals surface area contributed by atoms with E-state index >= 15 is 0 Å². The van der Waals surface area contributed by atoms with Crippen molar-refractivity contribution in [2.75, 3.05) is 6.54 Å². The molecule has 0 bridgehead atoms. The SMILES string of the molecule is CC1(CN)CC(c2ccc(Cl)cc2)=NO1. The number of rotatable bonds is 2. The predicted octanol–water partition coefficient (Wildman–Crippen LogP) is 2.18. The summed E-state index contributed by atoms with van der Waals surface area (Å²) in [5, 5.41) is 4.78. The van der Waals surface area contributed by atoms with Gasteiger partial charge in [-0.1, -0.05) is 28.9 Å². The third-order valence-electron chi connectivity index (χ3n) is 2.53. The van der Waals surface area contributed by atoms with Crippen LogP contribution in [0.15, 0.2) is 29.4 Å². The molecule has 0 saturated carbocycles. The van der Waals surface area contributed by atoms with Crippen molar-refractivity contribution in [2.45, 2.75) is 18.9 Å². The molecular formula is C11H13ClN2O. The average Bonchev–Trinajstić information content (AvgIpc) is 2.63. The summed E-state index contributed by atoms with van der Waals surface area (Å²) in [5.74, 6) is 0. The molecule has 0 saturated heterocycles. The predicted molar refractivity (Wildman–Crippen MR) is 61.2 cm³/mol. The molecule has 80 valence electrons. The summed E-state index contributed by atoms with van der Waals surface area (Å²) in [6.45, 7) is 2.42. The van der Waals surface area contributed by atoms with E-state index in [1.807, 2.05) is 31.2 Å². The van der Waals surface area contributed by atoms with Crippen LogP contribution in [0.25, 0.3) is 0 Å². The van der Waals surface area contributed by atoms with Gasteiger partial charge in [-0.25, -0.2) is 0 Å². The van der Waals surface area contributed by atoms with Crippen molar-refractivity contribution in [1.82, 2.24) is 0 Å². The van der Waals surface area contributed by atoms with Gasteiger partial charge in [0, 0.05) is 18.0 Å². The van der Waals surface area contributed by atoms with E-state index in [1.54, 1.807) is 0 Å². The molecule has 0 fully saturated rings. The van der Waals surface area contributed by atoms with Crippen molar-refractivity contribution in [3.63, 3.8) is 0 Å². The minimum Gasteiger partial charge on any atom is -0.387 e. The van der Waals surface area contributed by atoms with Gasteiger partial charge in [-0.15, -0.1) is 0 Å². The first-order valence-electron chi connectivity index (χ1n) is 4.84. The molecule has 0 aliphatic carbocycles. The van der Waals surface area contributed by atoms with Crippen molar-refractivity contribution in [1.29, 1.82) is 0 Å². The molecule has 1 aliphatic rings. The molecule has 0 spiro atoms. The summed E-state index contributed by atoms with van der Waals surface area (Å²) in [7, 11) is 0. The Bertz CT molecular complexity index is 388. The van der Waals surface area contributed by atoms with Crippen molar-refractivity contribution < 1.29 is 4.84 Å². The average molecular weight is 225 g/mol. The van der Waals surface area contributed by atoms with Crippen LogP contribution in [0.2, 0.25) is 5.02 Å². The maximum absolute atomic E-state index is 5.81. The Kier molecular flexibility index (Phi) is 2.67. The summed E-state index contributed by atoms with van der Waals surface area (Å²) in [6.07, 6.45) is 0.741. The van der Waals surface area contributed by atoms with E-state index in [2.05, 4.69) is 5.16 Å². The van der Waals surface area contributed by atoms with Crippen molar-refractivity contribution in [3.05, 3.63) is 34.9 Å². The highest BCUT2D eigenvalue weighted by Gasteiger charge is 2.33. The lowest BCUT2D eigenvalue weighted by atomic mass is 9.96. The molecule has 2 rings (SSSR count). The third-order valence-corrected chi connectivity index (χ3v) is 2.78. The van der Waals surface area contributed by atoms with Gasteiger partial charge in [0.1, 0.15) is 0 Å².